The van der Waals surface area contributed by atoms with Crippen LogP contribution in [0.3, 0.4) is 0 Å². The highest BCUT2D eigenvalue weighted by molar-refractivity contribution is 8.01. The van der Waals surface area contributed by atoms with Gasteiger partial charge in [-0.25, -0.2) is 0 Å². The number of thioether (sulfide) groups is 1. The molecule has 2 heterocycles. The summed E-state index contributed by atoms with van der Waals surface area (Å²) in [5, 5.41) is 21.0. The van der Waals surface area contributed by atoms with Gasteiger partial charge in [-0.2, -0.15) is 9.78 Å². The molecule has 2 aromatic rings. The van der Waals surface area contributed by atoms with Crippen molar-refractivity contribution in [3.8, 4) is 6.07 Å². The van der Waals surface area contributed by atoms with E-state index in [9.17, 15) is 0 Å². The van der Waals surface area contributed by atoms with Gasteiger partial charge in [0.05, 0.1) is 17.9 Å². The molecule has 0 saturated carbocycles. The molecule has 8 heteroatoms. The van der Waals surface area contributed by atoms with Crippen LogP contribution >= 0.6 is 23.1 Å². The van der Waals surface area contributed by atoms with Crippen LogP contribution in [0.15, 0.2) is 4.34 Å². The first kappa shape index (κ1) is 12.3. The maximum absolute atomic E-state index is 8.52. The van der Waals surface area contributed by atoms with Crippen molar-refractivity contribution in [1.29, 1.82) is 5.26 Å². The van der Waals surface area contributed by atoms with E-state index in [1.807, 2.05) is 13.8 Å². The highest BCUT2D eigenvalue weighted by atomic mass is 32.2. The topological polar surface area (TPSA) is 92.9 Å². The number of rotatable bonds is 4. The Morgan fingerprint density at radius 2 is 2.29 bits per heavy atom. The van der Waals surface area contributed by atoms with Crippen LogP contribution in [0.1, 0.15) is 25.7 Å². The van der Waals surface area contributed by atoms with Crippen LogP contribution < -0.4 is 5.73 Å². The Morgan fingerprint density at radius 1 is 1.53 bits per heavy atom. The van der Waals surface area contributed by atoms with Crippen molar-refractivity contribution < 1.29 is 0 Å². The lowest BCUT2D eigenvalue weighted by Gasteiger charge is -2.11. The van der Waals surface area contributed by atoms with E-state index < -0.39 is 0 Å². The summed E-state index contributed by atoms with van der Waals surface area (Å²) < 4.78 is 2.49. The molecule has 6 nitrogen and oxygen atoms in total. The maximum atomic E-state index is 8.52. The molecule has 0 aliphatic rings. The predicted octanol–water partition coefficient (Wildman–Crippen LogP) is 1.46. The van der Waals surface area contributed by atoms with Crippen LogP contribution in [-0.2, 0) is 0 Å². The average molecular weight is 268 g/mol. The van der Waals surface area contributed by atoms with Crippen LogP contribution in [-0.4, -0.2) is 25.6 Å². The maximum Gasteiger partial charge on any atom is 0.235 e. The summed E-state index contributed by atoms with van der Waals surface area (Å²) in [7, 11) is 0. The summed E-state index contributed by atoms with van der Waals surface area (Å²) in [5.41, 5.74) is 6.04. The molecule has 0 radical (unpaired) electrons. The molecule has 0 saturated heterocycles. The van der Waals surface area contributed by atoms with Gasteiger partial charge >= 0.3 is 0 Å². The highest BCUT2D eigenvalue weighted by Crippen LogP contribution is 2.26. The van der Waals surface area contributed by atoms with Crippen LogP contribution in [0, 0.1) is 17.2 Å². The van der Waals surface area contributed by atoms with Gasteiger partial charge in [0.25, 0.3) is 0 Å². The quantitative estimate of drug-likeness (QED) is 0.844. The van der Waals surface area contributed by atoms with Gasteiger partial charge in [0.1, 0.15) is 0 Å². The first-order valence-electron chi connectivity index (χ1n) is 5.11. The van der Waals surface area contributed by atoms with E-state index in [0.717, 1.165) is 9.30 Å². The molecule has 0 spiro atoms. The lowest BCUT2D eigenvalue weighted by atomic mass is 10.1. The van der Waals surface area contributed by atoms with Crippen molar-refractivity contribution in [2.75, 3.05) is 5.75 Å². The van der Waals surface area contributed by atoms with Crippen molar-refractivity contribution in [2.45, 2.75) is 24.2 Å². The SMILES string of the molecule is CC(C)C(N)c1nnc2sc(SCC#N)nn12. The molecule has 2 N–H and O–H groups in total. The fraction of sp³-hybridized carbons (Fsp3) is 0.556. The van der Waals surface area contributed by atoms with Gasteiger partial charge in [-0.1, -0.05) is 36.9 Å². The minimum atomic E-state index is -0.180. The van der Waals surface area contributed by atoms with Crippen LogP contribution in [0.25, 0.3) is 4.96 Å². The standard InChI is InChI=1S/C9H12N6S2/c1-5(2)6(11)7-12-13-8-15(7)14-9(17-8)16-4-3-10/h5-6H,4,11H2,1-2H3. The Labute approximate surface area is 107 Å². The summed E-state index contributed by atoms with van der Waals surface area (Å²) in [6, 6.07) is 1.89. The third kappa shape index (κ3) is 2.41. The van der Waals surface area contributed by atoms with Crippen LogP contribution in [0.5, 0.6) is 0 Å². The van der Waals surface area contributed by atoms with Gasteiger partial charge in [0, 0.05) is 0 Å². The fourth-order valence-electron chi connectivity index (χ4n) is 1.27. The largest absolute Gasteiger partial charge is 0.321 e. The third-order valence-corrected chi connectivity index (χ3v) is 4.17. The highest BCUT2D eigenvalue weighted by Gasteiger charge is 2.20. The van der Waals surface area contributed by atoms with Gasteiger partial charge in [-0.3, -0.25) is 0 Å². The molecule has 2 rings (SSSR count). The van der Waals surface area contributed by atoms with Gasteiger partial charge in [0.2, 0.25) is 4.96 Å². The van der Waals surface area contributed by atoms with Gasteiger partial charge < -0.3 is 5.73 Å². The molecule has 0 bridgehead atoms. The third-order valence-electron chi connectivity index (χ3n) is 2.27. The Kier molecular flexibility index (Phi) is 3.61. The summed E-state index contributed by atoms with van der Waals surface area (Å²) in [5.74, 6) is 1.34. The fourth-order valence-corrected chi connectivity index (χ4v) is 2.82. The molecule has 1 atom stereocenters. The first-order chi connectivity index (χ1) is 8.13. The molecular weight excluding hydrogens is 256 g/mol. The monoisotopic (exact) mass is 268 g/mol. The van der Waals surface area contributed by atoms with E-state index in [1.165, 1.54) is 23.1 Å². The lowest BCUT2D eigenvalue weighted by Crippen LogP contribution is -2.20. The minimum Gasteiger partial charge on any atom is -0.321 e. The number of hydrogen-bond donors (Lipinski definition) is 1. The molecule has 0 fully saturated rings. The Hall–Kier alpha value is -1.17. The second-order valence-corrected chi connectivity index (χ2v) is 6.02. The number of fused-ring (bicyclic) bond motifs is 1. The number of aromatic nitrogens is 4. The van der Waals surface area contributed by atoms with E-state index in [0.29, 0.717) is 11.6 Å². The summed E-state index contributed by atoms with van der Waals surface area (Å²) in [4.78, 5) is 0.719. The number of nitrogens with two attached hydrogens (primary N) is 1. The molecule has 0 aliphatic carbocycles. The molecule has 90 valence electrons. The lowest BCUT2D eigenvalue weighted by molar-refractivity contribution is 0.479. The zero-order chi connectivity index (χ0) is 12.4. The van der Waals surface area contributed by atoms with Crippen LogP contribution in [0.4, 0.5) is 0 Å². The van der Waals surface area contributed by atoms with E-state index in [-0.39, 0.29) is 12.0 Å². The van der Waals surface area contributed by atoms with E-state index in [1.54, 1.807) is 4.52 Å². The predicted molar refractivity (Wildman–Crippen MR) is 66.8 cm³/mol. The summed E-state index contributed by atoms with van der Waals surface area (Å²) >= 11 is 2.82. The smallest absolute Gasteiger partial charge is 0.235 e. The van der Waals surface area contributed by atoms with Crippen molar-refractivity contribution in [3.63, 3.8) is 0 Å². The molecule has 0 amide bonds. The van der Waals surface area contributed by atoms with Crippen molar-refractivity contribution >= 4 is 28.1 Å². The average Bonchev–Trinajstić information content (AvgIpc) is 2.84. The Morgan fingerprint density at radius 3 is 2.94 bits per heavy atom. The van der Waals surface area contributed by atoms with Gasteiger partial charge in [-0.15, -0.1) is 15.3 Å². The van der Waals surface area contributed by atoms with Gasteiger partial charge in [0.15, 0.2) is 10.2 Å². The molecule has 1 unspecified atom stereocenters. The second kappa shape index (κ2) is 5.00. The number of hydrogen-bond acceptors (Lipinski definition) is 7. The van der Waals surface area contributed by atoms with Gasteiger partial charge in [-0.05, 0) is 5.92 Å². The molecule has 17 heavy (non-hydrogen) atoms. The minimum absolute atomic E-state index is 0.180. The van der Waals surface area contributed by atoms with E-state index >= 15 is 0 Å². The van der Waals surface area contributed by atoms with Crippen molar-refractivity contribution in [2.24, 2.45) is 11.7 Å². The molecular formula is C9H12N6S2. The Bertz CT molecular complexity index is 551. The molecule has 0 aliphatic heterocycles. The molecule has 0 aromatic carbocycles. The second-order valence-electron chi connectivity index (χ2n) is 3.84. The van der Waals surface area contributed by atoms with Crippen LogP contribution in [0.2, 0.25) is 0 Å². The van der Waals surface area contributed by atoms with Crippen molar-refractivity contribution in [1.82, 2.24) is 19.8 Å². The first-order valence-corrected chi connectivity index (χ1v) is 6.91. The van der Waals surface area contributed by atoms with Crippen molar-refractivity contribution in [3.05, 3.63) is 5.82 Å². The molecule has 2 aromatic heterocycles. The zero-order valence-electron chi connectivity index (χ0n) is 9.49. The van der Waals surface area contributed by atoms with E-state index in [4.69, 9.17) is 11.0 Å². The summed E-state index contributed by atoms with van der Waals surface area (Å²) in [6.45, 7) is 4.06. The summed E-state index contributed by atoms with van der Waals surface area (Å²) in [6.07, 6.45) is 0. The number of nitrogens with zero attached hydrogens (tertiary/aromatic N) is 5. The zero-order valence-corrected chi connectivity index (χ0v) is 11.1. The number of nitriles is 1. The Balaban J connectivity index is 2.33. The van der Waals surface area contributed by atoms with E-state index in [2.05, 4.69) is 21.4 Å². The normalized spacial score (nSPS) is 13.1.